The van der Waals surface area contributed by atoms with Crippen LogP contribution in [0.4, 0.5) is 0 Å². The van der Waals surface area contributed by atoms with E-state index < -0.39 is 17.0 Å². The van der Waals surface area contributed by atoms with E-state index in [1.54, 1.807) is 45.0 Å². The summed E-state index contributed by atoms with van der Waals surface area (Å²) in [5.74, 6) is -0.693. The molecular weight excluding hydrogens is 395 g/mol. The summed E-state index contributed by atoms with van der Waals surface area (Å²) >= 11 is 11.9. The lowest BCUT2D eigenvalue weighted by Gasteiger charge is -2.33. The van der Waals surface area contributed by atoms with Crippen LogP contribution in [0.5, 0.6) is 0 Å². The maximum atomic E-state index is 13.2. The van der Waals surface area contributed by atoms with Gasteiger partial charge in [0, 0.05) is 10.0 Å². The van der Waals surface area contributed by atoms with E-state index in [0.717, 1.165) is 11.1 Å². The van der Waals surface area contributed by atoms with Gasteiger partial charge in [0.2, 0.25) is 0 Å². The Labute approximate surface area is 177 Å². The van der Waals surface area contributed by atoms with Crippen LogP contribution in [0.1, 0.15) is 45.2 Å². The first-order valence-corrected chi connectivity index (χ1v) is 10.0. The molecule has 150 valence electrons. The predicted molar refractivity (Wildman–Crippen MR) is 114 cm³/mol. The second kappa shape index (κ2) is 9.11. The van der Waals surface area contributed by atoms with Crippen molar-refractivity contribution in [2.75, 3.05) is 0 Å². The van der Waals surface area contributed by atoms with Crippen molar-refractivity contribution in [2.24, 2.45) is 5.41 Å². The number of rotatable bonds is 7. The van der Waals surface area contributed by atoms with Gasteiger partial charge < -0.3 is 4.74 Å². The molecule has 0 heterocycles. The number of esters is 1. The molecule has 1 unspecified atom stereocenters. The SMILES string of the molecule is CC(=O)C(CCc1ccc(Cl)cc1)(Cc1ccc(Cl)cc1)C(=O)OC(C)(C)C. The standard InChI is InChI=1S/C23H26Cl2O3/c1-16(26)23(21(27)28-22(2,3)4,15-18-7-11-20(25)12-8-18)14-13-17-5-9-19(24)10-6-17/h5-12H,13-15H2,1-4H3. The highest BCUT2D eigenvalue weighted by atomic mass is 35.5. The normalized spacial score (nSPS) is 13.6. The number of halogens is 2. The molecule has 1 atom stereocenters. The number of aryl methyl sites for hydroxylation is 1. The van der Waals surface area contributed by atoms with Crippen molar-refractivity contribution in [1.29, 1.82) is 0 Å². The van der Waals surface area contributed by atoms with E-state index in [-0.39, 0.29) is 12.2 Å². The summed E-state index contributed by atoms with van der Waals surface area (Å²) in [5.41, 5.74) is -0.0741. The Kier molecular flexibility index (Phi) is 7.30. The number of carbonyl (C=O) groups is 2. The molecule has 0 aliphatic carbocycles. The molecule has 0 aliphatic rings. The van der Waals surface area contributed by atoms with Crippen molar-refractivity contribution < 1.29 is 14.3 Å². The lowest BCUT2D eigenvalue weighted by atomic mass is 9.74. The maximum absolute atomic E-state index is 13.2. The number of carbonyl (C=O) groups excluding carboxylic acids is 2. The molecule has 2 rings (SSSR count). The molecule has 0 radical (unpaired) electrons. The second-order valence-corrected chi connectivity index (χ2v) is 8.94. The van der Waals surface area contributed by atoms with Gasteiger partial charge >= 0.3 is 5.97 Å². The Hall–Kier alpha value is -1.84. The number of hydrogen-bond acceptors (Lipinski definition) is 3. The van der Waals surface area contributed by atoms with Crippen molar-refractivity contribution >= 4 is 35.0 Å². The van der Waals surface area contributed by atoms with Crippen LogP contribution in [0.15, 0.2) is 48.5 Å². The number of hydrogen-bond donors (Lipinski definition) is 0. The van der Waals surface area contributed by atoms with E-state index in [1.807, 2.05) is 24.3 Å². The van der Waals surface area contributed by atoms with Gasteiger partial charge in [-0.25, -0.2) is 0 Å². The summed E-state index contributed by atoms with van der Waals surface area (Å²) in [6, 6.07) is 14.6. The molecule has 28 heavy (non-hydrogen) atoms. The molecule has 0 N–H and O–H groups in total. The van der Waals surface area contributed by atoms with Crippen LogP contribution in [-0.4, -0.2) is 17.4 Å². The third kappa shape index (κ3) is 6.08. The Morgan fingerprint density at radius 2 is 1.32 bits per heavy atom. The Morgan fingerprint density at radius 3 is 1.75 bits per heavy atom. The zero-order valence-corrected chi connectivity index (χ0v) is 18.2. The van der Waals surface area contributed by atoms with E-state index in [9.17, 15) is 9.59 Å². The summed E-state index contributed by atoms with van der Waals surface area (Å²) in [4.78, 5) is 26.0. The molecule has 0 saturated carbocycles. The number of ether oxygens (including phenoxy) is 1. The van der Waals surface area contributed by atoms with Crippen molar-refractivity contribution in [3.63, 3.8) is 0 Å². The molecule has 0 spiro atoms. The second-order valence-electron chi connectivity index (χ2n) is 8.07. The van der Waals surface area contributed by atoms with Crippen LogP contribution in [0.25, 0.3) is 0 Å². The Bertz CT molecular complexity index is 820. The molecule has 3 nitrogen and oxygen atoms in total. The van der Waals surface area contributed by atoms with Crippen LogP contribution in [0.2, 0.25) is 10.0 Å². The van der Waals surface area contributed by atoms with Crippen LogP contribution in [0, 0.1) is 5.41 Å². The van der Waals surface area contributed by atoms with Gasteiger partial charge in [0.15, 0.2) is 0 Å². The minimum Gasteiger partial charge on any atom is -0.459 e. The summed E-state index contributed by atoms with van der Waals surface area (Å²) in [6.45, 7) is 6.87. The average molecular weight is 421 g/mol. The highest BCUT2D eigenvalue weighted by Crippen LogP contribution is 2.34. The number of Topliss-reactive ketones (excluding diaryl/α,β-unsaturated/α-hetero) is 1. The first-order valence-electron chi connectivity index (χ1n) is 9.25. The fourth-order valence-electron chi connectivity index (χ4n) is 3.04. The Balaban J connectivity index is 2.37. The molecule has 0 fully saturated rings. The molecule has 0 aliphatic heterocycles. The van der Waals surface area contributed by atoms with Gasteiger partial charge in [0.25, 0.3) is 0 Å². The summed E-state index contributed by atoms with van der Waals surface area (Å²) in [7, 11) is 0. The molecule has 0 amide bonds. The lowest BCUT2D eigenvalue weighted by molar-refractivity contribution is -0.170. The van der Waals surface area contributed by atoms with Crippen molar-refractivity contribution in [3.05, 3.63) is 69.7 Å². The quantitative estimate of drug-likeness (QED) is 0.402. The summed E-state index contributed by atoms with van der Waals surface area (Å²) in [5, 5.41) is 1.26. The number of benzene rings is 2. The third-order valence-corrected chi connectivity index (χ3v) is 5.14. The fourth-order valence-corrected chi connectivity index (χ4v) is 3.29. The minimum absolute atomic E-state index is 0.203. The molecule has 5 heteroatoms. The van der Waals surface area contributed by atoms with E-state index in [2.05, 4.69) is 0 Å². The monoisotopic (exact) mass is 420 g/mol. The first kappa shape index (κ1) is 22.4. The van der Waals surface area contributed by atoms with E-state index in [1.165, 1.54) is 6.92 Å². The zero-order chi connectivity index (χ0) is 20.9. The first-order chi connectivity index (χ1) is 13.0. The van der Waals surface area contributed by atoms with Gasteiger partial charge in [-0.1, -0.05) is 47.5 Å². The van der Waals surface area contributed by atoms with Crippen molar-refractivity contribution in [2.45, 2.75) is 52.6 Å². The van der Waals surface area contributed by atoms with E-state index >= 15 is 0 Å². The average Bonchev–Trinajstić information content (AvgIpc) is 2.60. The maximum Gasteiger partial charge on any atom is 0.320 e. The smallest absolute Gasteiger partial charge is 0.320 e. The lowest BCUT2D eigenvalue weighted by Crippen LogP contribution is -2.44. The topological polar surface area (TPSA) is 43.4 Å². The summed E-state index contributed by atoms with van der Waals surface area (Å²) < 4.78 is 5.66. The van der Waals surface area contributed by atoms with E-state index in [4.69, 9.17) is 27.9 Å². The number of ketones is 1. The highest BCUT2D eigenvalue weighted by molar-refractivity contribution is 6.30. The molecule has 0 bridgehead atoms. The molecule has 2 aromatic carbocycles. The van der Waals surface area contributed by atoms with Gasteiger partial charge in [-0.3, -0.25) is 9.59 Å². The predicted octanol–water partition coefficient (Wildman–Crippen LogP) is 6.09. The van der Waals surface area contributed by atoms with Gasteiger partial charge in [0.05, 0.1) is 0 Å². The van der Waals surface area contributed by atoms with Crippen LogP contribution in [-0.2, 0) is 27.2 Å². The summed E-state index contributed by atoms with van der Waals surface area (Å²) in [6.07, 6.45) is 1.17. The third-order valence-electron chi connectivity index (χ3n) is 4.64. The largest absolute Gasteiger partial charge is 0.459 e. The highest BCUT2D eigenvalue weighted by Gasteiger charge is 2.45. The van der Waals surface area contributed by atoms with Crippen LogP contribution in [0.3, 0.4) is 0 Å². The van der Waals surface area contributed by atoms with Crippen LogP contribution >= 0.6 is 23.2 Å². The minimum atomic E-state index is -1.26. The Morgan fingerprint density at radius 1 is 0.857 bits per heavy atom. The van der Waals surface area contributed by atoms with Crippen molar-refractivity contribution in [1.82, 2.24) is 0 Å². The van der Waals surface area contributed by atoms with Crippen molar-refractivity contribution in [3.8, 4) is 0 Å². The van der Waals surface area contributed by atoms with Gasteiger partial charge in [0.1, 0.15) is 16.8 Å². The van der Waals surface area contributed by atoms with Gasteiger partial charge in [-0.2, -0.15) is 0 Å². The van der Waals surface area contributed by atoms with Crippen LogP contribution < -0.4 is 0 Å². The molecule has 0 saturated heterocycles. The fraction of sp³-hybridized carbons (Fsp3) is 0.391. The molecule has 2 aromatic rings. The van der Waals surface area contributed by atoms with E-state index in [0.29, 0.717) is 22.9 Å². The zero-order valence-electron chi connectivity index (χ0n) is 16.7. The van der Waals surface area contributed by atoms with Gasteiger partial charge in [-0.15, -0.1) is 0 Å². The van der Waals surface area contributed by atoms with Gasteiger partial charge in [-0.05, 0) is 82.3 Å². The molecule has 0 aromatic heterocycles. The molecular formula is C23H26Cl2O3.